The van der Waals surface area contributed by atoms with E-state index in [0.717, 1.165) is 15.0 Å². The maximum atomic E-state index is 13.3. The number of benzene rings is 1. The van der Waals surface area contributed by atoms with E-state index in [1.807, 2.05) is 24.3 Å². The number of nitrogens with zero attached hydrogens (tertiary/aromatic N) is 4. The molecule has 0 bridgehead atoms. The Morgan fingerprint density at radius 1 is 1.20 bits per heavy atom. The molecule has 0 N–H and O–H groups in total. The Bertz CT molecular complexity index is 1480. The highest BCUT2D eigenvalue weighted by molar-refractivity contribution is 7.22. The first-order chi connectivity index (χ1) is 14.5. The fourth-order valence-electron chi connectivity index (χ4n) is 3.18. The van der Waals surface area contributed by atoms with Gasteiger partial charge in [0, 0.05) is 33.8 Å². The van der Waals surface area contributed by atoms with Crippen molar-refractivity contribution in [1.82, 2.24) is 14.1 Å². The summed E-state index contributed by atoms with van der Waals surface area (Å²) in [6, 6.07) is 12.6. The zero-order chi connectivity index (χ0) is 21.3. The Balaban J connectivity index is 2.06. The first-order valence-electron chi connectivity index (χ1n) is 8.88. The SMILES string of the molecule is C#Cc1cncc(-n2c(=O)c3sc(-c4ccccc4Cl)cc3n(CCC#N)c2=O)c1. The van der Waals surface area contributed by atoms with Gasteiger partial charge in [0.2, 0.25) is 0 Å². The Hall–Kier alpha value is -3.65. The molecule has 4 aromatic rings. The molecule has 8 heteroatoms. The van der Waals surface area contributed by atoms with E-state index < -0.39 is 11.2 Å². The van der Waals surface area contributed by atoms with Gasteiger partial charge in [-0.2, -0.15) is 5.26 Å². The van der Waals surface area contributed by atoms with Gasteiger partial charge in [-0.15, -0.1) is 17.8 Å². The van der Waals surface area contributed by atoms with Crippen LogP contribution in [-0.4, -0.2) is 14.1 Å². The number of hydrogen-bond donors (Lipinski definition) is 0. The van der Waals surface area contributed by atoms with Crippen molar-refractivity contribution in [1.29, 1.82) is 5.26 Å². The molecule has 3 aromatic heterocycles. The van der Waals surface area contributed by atoms with E-state index in [1.54, 1.807) is 18.2 Å². The summed E-state index contributed by atoms with van der Waals surface area (Å²) in [5.41, 5.74) is 0.940. The number of rotatable bonds is 4. The summed E-state index contributed by atoms with van der Waals surface area (Å²) in [6.07, 6.45) is 8.44. The molecule has 0 atom stereocenters. The highest BCUT2D eigenvalue weighted by atomic mass is 35.5. The highest BCUT2D eigenvalue weighted by Crippen LogP contribution is 2.35. The molecule has 1 aromatic carbocycles. The average Bonchev–Trinajstić information content (AvgIpc) is 3.19. The summed E-state index contributed by atoms with van der Waals surface area (Å²) in [5, 5.41) is 9.58. The second-order valence-electron chi connectivity index (χ2n) is 6.36. The number of nitriles is 1. The number of aryl methyl sites for hydroxylation is 1. The van der Waals surface area contributed by atoms with E-state index in [2.05, 4.69) is 10.9 Å². The smallest absolute Gasteiger partial charge is 0.291 e. The minimum atomic E-state index is -0.553. The van der Waals surface area contributed by atoms with Crippen LogP contribution in [0.4, 0.5) is 0 Å². The summed E-state index contributed by atoms with van der Waals surface area (Å²) in [4.78, 5) is 31.3. The van der Waals surface area contributed by atoms with Crippen LogP contribution in [-0.2, 0) is 6.54 Å². The second kappa shape index (κ2) is 8.00. The zero-order valence-corrected chi connectivity index (χ0v) is 17.1. The molecule has 0 unspecified atom stereocenters. The van der Waals surface area contributed by atoms with Crippen LogP contribution in [0.1, 0.15) is 12.0 Å². The molecule has 0 aliphatic carbocycles. The van der Waals surface area contributed by atoms with Crippen molar-refractivity contribution >= 4 is 33.2 Å². The molecule has 146 valence electrons. The van der Waals surface area contributed by atoms with Crippen LogP contribution in [0.2, 0.25) is 5.02 Å². The maximum Gasteiger partial charge on any atom is 0.336 e. The molecule has 0 radical (unpaired) electrons. The van der Waals surface area contributed by atoms with E-state index in [1.165, 1.54) is 28.3 Å². The summed E-state index contributed by atoms with van der Waals surface area (Å²) >= 11 is 7.57. The Labute approximate surface area is 180 Å². The number of thiophene rings is 1. The molecule has 0 saturated heterocycles. The first-order valence-corrected chi connectivity index (χ1v) is 10.1. The van der Waals surface area contributed by atoms with Crippen LogP contribution in [0.3, 0.4) is 0 Å². The van der Waals surface area contributed by atoms with Gasteiger partial charge in [-0.1, -0.05) is 35.7 Å². The molecule has 0 amide bonds. The molecule has 4 rings (SSSR count). The molecule has 0 aliphatic heterocycles. The van der Waals surface area contributed by atoms with Crippen LogP contribution < -0.4 is 11.2 Å². The quantitative estimate of drug-likeness (QED) is 0.459. The number of halogens is 1. The van der Waals surface area contributed by atoms with Gasteiger partial charge in [-0.3, -0.25) is 14.3 Å². The maximum absolute atomic E-state index is 13.3. The van der Waals surface area contributed by atoms with E-state index in [-0.39, 0.29) is 18.7 Å². The lowest BCUT2D eigenvalue weighted by atomic mass is 10.2. The van der Waals surface area contributed by atoms with Crippen molar-refractivity contribution in [3.8, 4) is 34.5 Å². The van der Waals surface area contributed by atoms with Gasteiger partial charge in [-0.25, -0.2) is 9.36 Å². The predicted octanol–water partition coefficient (Wildman–Crippen LogP) is 3.82. The summed E-state index contributed by atoms with van der Waals surface area (Å²) < 4.78 is 2.85. The van der Waals surface area contributed by atoms with Gasteiger partial charge in [0.05, 0.1) is 29.9 Å². The molecule has 30 heavy (non-hydrogen) atoms. The Kier molecular flexibility index (Phi) is 5.24. The third kappa shape index (κ3) is 3.31. The molecule has 3 heterocycles. The lowest BCUT2D eigenvalue weighted by Crippen LogP contribution is -2.38. The van der Waals surface area contributed by atoms with Crippen LogP contribution in [0.15, 0.2) is 58.4 Å². The molecular formula is C22H13ClN4O2S. The summed E-state index contributed by atoms with van der Waals surface area (Å²) in [6.45, 7) is 0.146. The lowest BCUT2D eigenvalue weighted by molar-refractivity contribution is 0.662. The van der Waals surface area contributed by atoms with E-state index in [0.29, 0.717) is 20.8 Å². The molecule has 0 fully saturated rings. The number of terminal acetylenes is 1. The van der Waals surface area contributed by atoms with Crippen molar-refractivity contribution in [2.24, 2.45) is 0 Å². The van der Waals surface area contributed by atoms with Crippen molar-refractivity contribution in [3.63, 3.8) is 0 Å². The monoisotopic (exact) mass is 432 g/mol. The van der Waals surface area contributed by atoms with Gasteiger partial charge in [-0.05, 0) is 18.2 Å². The van der Waals surface area contributed by atoms with E-state index >= 15 is 0 Å². The minimum absolute atomic E-state index is 0.118. The summed E-state index contributed by atoms with van der Waals surface area (Å²) in [5.74, 6) is 2.45. The molecule has 6 nitrogen and oxygen atoms in total. The van der Waals surface area contributed by atoms with Gasteiger partial charge < -0.3 is 0 Å². The zero-order valence-electron chi connectivity index (χ0n) is 15.5. The summed E-state index contributed by atoms with van der Waals surface area (Å²) in [7, 11) is 0. The second-order valence-corrected chi connectivity index (χ2v) is 7.82. The number of aromatic nitrogens is 3. The largest absolute Gasteiger partial charge is 0.336 e. The van der Waals surface area contributed by atoms with Crippen molar-refractivity contribution in [2.45, 2.75) is 13.0 Å². The lowest BCUT2D eigenvalue weighted by Gasteiger charge is -2.10. The first kappa shape index (κ1) is 19.7. The Morgan fingerprint density at radius 2 is 2.00 bits per heavy atom. The van der Waals surface area contributed by atoms with Crippen LogP contribution in [0, 0.1) is 23.7 Å². The van der Waals surface area contributed by atoms with Crippen molar-refractivity contribution < 1.29 is 0 Å². The molecule has 0 aliphatic rings. The van der Waals surface area contributed by atoms with Crippen LogP contribution in [0.5, 0.6) is 0 Å². The van der Waals surface area contributed by atoms with Gasteiger partial charge in [0.1, 0.15) is 4.70 Å². The fraction of sp³-hybridized carbons (Fsp3) is 0.0909. The minimum Gasteiger partial charge on any atom is -0.291 e. The van der Waals surface area contributed by atoms with Crippen molar-refractivity contribution in [3.05, 3.63) is 80.2 Å². The van der Waals surface area contributed by atoms with Crippen LogP contribution >= 0.6 is 22.9 Å². The Morgan fingerprint density at radius 3 is 2.73 bits per heavy atom. The normalized spacial score (nSPS) is 10.6. The predicted molar refractivity (Wildman–Crippen MR) is 118 cm³/mol. The topological polar surface area (TPSA) is 80.7 Å². The average molecular weight is 433 g/mol. The molecular weight excluding hydrogens is 420 g/mol. The van der Waals surface area contributed by atoms with Crippen molar-refractivity contribution in [2.75, 3.05) is 0 Å². The number of hydrogen-bond acceptors (Lipinski definition) is 5. The third-order valence-corrected chi connectivity index (χ3v) is 6.03. The number of pyridine rings is 1. The molecule has 0 spiro atoms. The van der Waals surface area contributed by atoms with Gasteiger partial charge >= 0.3 is 5.69 Å². The molecule has 0 saturated carbocycles. The number of fused-ring (bicyclic) bond motifs is 1. The highest BCUT2D eigenvalue weighted by Gasteiger charge is 2.19. The van der Waals surface area contributed by atoms with Crippen LogP contribution in [0.25, 0.3) is 26.3 Å². The van der Waals surface area contributed by atoms with E-state index in [9.17, 15) is 9.59 Å². The van der Waals surface area contributed by atoms with E-state index in [4.69, 9.17) is 23.3 Å². The standard InChI is InChI=1S/C22H13ClN4O2S/c1-2-14-10-15(13-25-12-14)27-21(28)20-18(26(22(27)29)9-5-8-24)11-19(30-20)16-6-3-4-7-17(16)23/h1,3-4,6-7,10-13H,5,9H2. The van der Waals surface area contributed by atoms with Gasteiger partial charge in [0.25, 0.3) is 5.56 Å². The third-order valence-electron chi connectivity index (χ3n) is 4.56. The van der Waals surface area contributed by atoms with Gasteiger partial charge in [0.15, 0.2) is 0 Å². The fourth-order valence-corrected chi connectivity index (χ4v) is 4.60.